The molecule has 1 N–H and O–H groups in total. The van der Waals surface area contributed by atoms with Gasteiger partial charge in [-0.3, -0.25) is 4.79 Å². The zero-order chi connectivity index (χ0) is 33.3. The Balaban J connectivity index is 1.52. The summed E-state index contributed by atoms with van der Waals surface area (Å²) >= 11 is 0. The maximum atomic E-state index is 14.7. The second-order valence-electron chi connectivity index (χ2n) is 11.5. The van der Waals surface area contributed by atoms with Crippen molar-refractivity contribution in [2.24, 2.45) is 5.92 Å². The van der Waals surface area contributed by atoms with Crippen LogP contribution in [0.5, 0.6) is 0 Å². The molecule has 6 rings (SSSR count). The molecule has 0 spiro atoms. The predicted molar refractivity (Wildman–Crippen MR) is 165 cm³/mol. The number of hydrogen-bond acceptors (Lipinski definition) is 8. The number of methoxy groups -OCH3 is 1. The summed E-state index contributed by atoms with van der Waals surface area (Å²) in [7, 11) is 1.19. The Morgan fingerprint density at radius 1 is 1.06 bits per heavy atom. The number of esters is 1. The lowest BCUT2D eigenvalue weighted by molar-refractivity contribution is -0.202. The molecule has 47 heavy (non-hydrogen) atoms. The van der Waals surface area contributed by atoms with Gasteiger partial charge in [0.25, 0.3) is 5.91 Å². The molecule has 1 saturated heterocycles. The Morgan fingerprint density at radius 3 is 2.51 bits per heavy atom. The van der Waals surface area contributed by atoms with Crippen LogP contribution >= 0.6 is 0 Å². The summed E-state index contributed by atoms with van der Waals surface area (Å²) in [5, 5.41) is 13.8. The molecule has 0 saturated carbocycles. The van der Waals surface area contributed by atoms with Crippen molar-refractivity contribution in [1.29, 1.82) is 5.26 Å². The van der Waals surface area contributed by atoms with Crippen LogP contribution < -0.4 is 15.3 Å². The number of nitriles is 1. The number of aromatic nitrogens is 1. The van der Waals surface area contributed by atoms with Crippen LogP contribution in [-0.2, 0) is 25.7 Å². The van der Waals surface area contributed by atoms with E-state index in [0.717, 1.165) is 24.9 Å². The Bertz CT molecular complexity index is 1880. The highest BCUT2D eigenvalue weighted by molar-refractivity contribution is 6.09. The molecule has 2 unspecified atom stereocenters. The van der Waals surface area contributed by atoms with E-state index < -0.39 is 30.1 Å². The number of hydrogen-bond donors (Lipinski definition) is 1. The number of ether oxygens (including phenoxy) is 1. The average molecular weight is 646 g/mol. The standard InChI is InChI=1S/C34H30F3N5O5/c1-46-32(44)24-12-13-28-29(15-24)41(19-23-5-4-14-39-17-23)31(43)30(42(28)47-33(45)34(35,36)37)26-20-40(27-7-3-2-6-25(26)27)18-22-10-8-21(16-38)9-11-22/h2-3,6-13,15,20,23,30,39H,4-5,14,17-19H2,1H3. The second kappa shape index (κ2) is 12.8. The SMILES string of the molecule is COC(=O)c1ccc2c(c1)N(CC1CCCNC1)C(=O)C(c1cn(Cc3ccc(C#N)cc3)c3ccccc13)N2OC(=O)C(F)(F)F. The van der Waals surface area contributed by atoms with Gasteiger partial charge in [-0.2, -0.15) is 23.5 Å². The molecule has 13 heteroatoms. The summed E-state index contributed by atoms with van der Waals surface area (Å²) in [4.78, 5) is 46.0. The first-order valence-corrected chi connectivity index (χ1v) is 15.0. The highest BCUT2D eigenvalue weighted by Gasteiger charge is 2.48. The maximum Gasteiger partial charge on any atom is 0.493 e. The maximum absolute atomic E-state index is 14.7. The number of benzene rings is 3. The Labute approximate surface area is 267 Å². The molecule has 1 fully saturated rings. The summed E-state index contributed by atoms with van der Waals surface area (Å²) in [5.41, 5.74) is 2.55. The normalized spacial score (nSPS) is 18.1. The largest absolute Gasteiger partial charge is 0.493 e. The predicted octanol–water partition coefficient (Wildman–Crippen LogP) is 5.26. The summed E-state index contributed by atoms with van der Waals surface area (Å²) in [5.74, 6) is -3.80. The topological polar surface area (TPSA) is 117 Å². The molecular formula is C34H30F3N5O5. The van der Waals surface area contributed by atoms with Gasteiger partial charge in [-0.1, -0.05) is 30.3 Å². The van der Waals surface area contributed by atoms with Crippen LogP contribution in [0.3, 0.4) is 0 Å². The second-order valence-corrected chi connectivity index (χ2v) is 11.5. The zero-order valence-electron chi connectivity index (χ0n) is 25.3. The fourth-order valence-electron chi connectivity index (χ4n) is 6.21. The first kappa shape index (κ1) is 31.6. The van der Waals surface area contributed by atoms with E-state index in [4.69, 9.17) is 9.57 Å². The fourth-order valence-corrected chi connectivity index (χ4v) is 6.21. The van der Waals surface area contributed by atoms with Gasteiger partial charge in [-0.15, -0.1) is 0 Å². The lowest BCUT2D eigenvalue weighted by Gasteiger charge is -2.42. The van der Waals surface area contributed by atoms with E-state index in [1.165, 1.54) is 30.2 Å². The fraction of sp³-hybridized carbons (Fsp3) is 0.294. The number of anilines is 2. The molecule has 4 aromatic rings. The number of rotatable bonds is 7. The van der Waals surface area contributed by atoms with Crippen LogP contribution in [0.25, 0.3) is 10.9 Å². The highest BCUT2D eigenvalue weighted by atomic mass is 19.4. The quantitative estimate of drug-likeness (QED) is 0.271. The van der Waals surface area contributed by atoms with Crippen molar-refractivity contribution >= 4 is 40.1 Å². The number of amides is 1. The molecule has 10 nitrogen and oxygen atoms in total. The van der Waals surface area contributed by atoms with E-state index >= 15 is 0 Å². The van der Waals surface area contributed by atoms with Crippen LogP contribution in [0.1, 0.15) is 45.9 Å². The van der Waals surface area contributed by atoms with E-state index in [0.29, 0.717) is 40.2 Å². The minimum absolute atomic E-state index is 0.00699. The monoisotopic (exact) mass is 645 g/mol. The minimum atomic E-state index is -5.35. The van der Waals surface area contributed by atoms with E-state index in [9.17, 15) is 32.8 Å². The van der Waals surface area contributed by atoms with Gasteiger partial charge in [0.1, 0.15) is 5.69 Å². The number of alkyl halides is 3. The van der Waals surface area contributed by atoms with Gasteiger partial charge < -0.3 is 24.4 Å². The third-order valence-electron chi connectivity index (χ3n) is 8.46. The molecule has 242 valence electrons. The Hall–Kier alpha value is -5.35. The Kier molecular flexibility index (Phi) is 8.62. The summed E-state index contributed by atoms with van der Waals surface area (Å²) in [6, 6.07) is 18.7. The number of carbonyl (C=O) groups is 3. The van der Waals surface area contributed by atoms with Gasteiger partial charge >= 0.3 is 18.1 Å². The van der Waals surface area contributed by atoms with Crippen molar-refractivity contribution in [2.75, 3.05) is 36.7 Å². The van der Waals surface area contributed by atoms with Gasteiger partial charge in [-0.05, 0) is 73.8 Å². The Morgan fingerprint density at radius 2 is 1.83 bits per heavy atom. The number of nitrogens with one attached hydrogen (secondary N) is 1. The van der Waals surface area contributed by atoms with Crippen LogP contribution in [0.15, 0.2) is 72.9 Å². The first-order chi connectivity index (χ1) is 22.6. The smallest absolute Gasteiger partial charge is 0.465 e. The third-order valence-corrected chi connectivity index (χ3v) is 8.46. The molecule has 3 heterocycles. The number of fused-ring (bicyclic) bond motifs is 2. The molecule has 1 aromatic heterocycles. The van der Waals surface area contributed by atoms with Crippen LogP contribution in [0, 0.1) is 17.2 Å². The number of nitrogens with zero attached hydrogens (tertiary/aromatic N) is 4. The van der Waals surface area contributed by atoms with Crippen LogP contribution in [0.4, 0.5) is 24.5 Å². The molecule has 2 atom stereocenters. The number of para-hydroxylation sites is 1. The van der Waals surface area contributed by atoms with Crippen molar-refractivity contribution in [1.82, 2.24) is 9.88 Å². The lowest BCUT2D eigenvalue weighted by Crippen LogP contribution is -2.52. The lowest BCUT2D eigenvalue weighted by atomic mass is 9.95. The first-order valence-electron chi connectivity index (χ1n) is 15.0. The summed E-state index contributed by atoms with van der Waals surface area (Å²) in [6.07, 6.45) is -1.99. The van der Waals surface area contributed by atoms with E-state index in [2.05, 4.69) is 11.4 Å². The third kappa shape index (κ3) is 6.24. The van der Waals surface area contributed by atoms with Crippen molar-refractivity contribution < 1.29 is 37.1 Å². The highest BCUT2D eigenvalue weighted by Crippen LogP contribution is 2.45. The van der Waals surface area contributed by atoms with Crippen molar-refractivity contribution in [3.63, 3.8) is 0 Å². The number of piperidine rings is 1. The number of carbonyl (C=O) groups excluding carboxylic acids is 3. The van der Waals surface area contributed by atoms with E-state index in [-0.39, 0.29) is 29.4 Å². The van der Waals surface area contributed by atoms with Gasteiger partial charge in [0.2, 0.25) is 0 Å². The van der Waals surface area contributed by atoms with Crippen LogP contribution in [0.2, 0.25) is 0 Å². The molecule has 3 aromatic carbocycles. The summed E-state index contributed by atoms with van der Waals surface area (Å²) in [6.45, 7) is 1.99. The average Bonchev–Trinajstić information content (AvgIpc) is 3.43. The molecule has 0 bridgehead atoms. The molecule has 1 amide bonds. The molecular weight excluding hydrogens is 615 g/mol. The molecule has 0 aliphatic carbocycles. The number of hydroxylamine groups is 1. The molecule has 0 radical (unpaired) electrons. The minimum Gasteiger partial charge on any atom is -0.465 e. The van der Waals surface area contributed by atoms with Crippen LogP contribution in [-0.4, -0.2) is 55.3 Å². The molecule has 2 aliphatic heterocycles. The van der Waals surface area contributed by atoms with Gasteiger partial charge in [0, 0.05) is 35.8 Å². The summed E-state index contributed by atoms with van der Waals surface area (Å²) < 4.78 is 47.7. The van der Waals surface area contributed by atoms with Gasteiger partial charge in [-0.25, -0.2) is 9.59 Å². The van der Waals surface area contributed by atoms with Crippen molar-refractivity contribution in [3.8, 4) is 6.07 Å². The van der Waals surface area contributed by atoms with E-state index in [1.54, 1.807) is 48.7 Å². The van der Waals surface area contributed by atoms with Gasteiger partial charge in [0.05, 0.1) is 30.0 Å². The molecule has 2 aliphatic rings. The van der Waals surface area contributed by atoms with Crippen molar-refractivity contribution in [2.45, 2.75) is 31.6 Å². The van der Waals surface area contributed by atoms with E-state index in [1.807, 2.05) is 10.6 Å². The van der Waals surface area contributed by atoms with Crippen molar-refractivity contribution in [3.05, 3.63) is 95.2 Å². The van der Waals surface area contributed by atoms with Gasteiger partial charge in [0.15, 0.2) is 6.04 Å². The zero-order valence-corrected chi connectivity index (χ0v) is 25.3. The number of halogens is 3.